The van der Waals surface area contributed by atoms with Crippen LogP contribution in [0.1, 0.15) is 34.6 Å². The van der Waals surface area contributed by atoms with Gasteiger partial charge in [-0.25, -0.2) is 0 Å². The molecule has 3 aromatic rings. The van der Waals surface area contributed by atoms with E-state index in [0.717, 1.165) is 39.1 Å². The van der Waals surface area contributed by atoms with Crippen LogP contribution in [0.25, 0.3) is 11.1 Å². The standard InChI is InChI=1S/C28H27NO5/c1-18-11-24(32-10-9-29)12-19(2)28(18)21-6-4-5-20(13-21)16-33-23-7-8-25-22(14-27(30)31-3)17-34-26(25)15-23/h4-8,11-13,15,22H,10,14,16-17H2,1-3H3/t22-/m1/s1. The Labute approximate surface area is 199 Å². The van der Waals surface area contributed by atoms with Gasteiger partial charge in [-0.2, -0.15) is 5.26 Å². The number of nitriles is 1. The Kier molecular flexibility index (Phi) is 7.03. The van der Waals surface area contributed by atoms with Crippen molar-refractivity contribution in [3.8, 4) is 34.4 Å². The molecule has 0 saturated heterocycles. The largest absolute Gasteiger partial charge is 0.492 e. The molecule has 0 spiro atoms. The molecule has 0 aromatic heterocycles. The van der Waals surface area contributed by atoms with Crippen molar-refractivity contribution in [2.45, 2.75) is 32.8 Å². The summed E-state index contributed by atoms with van der Waals surface area (Å²) in [5, 5.41) is 8.75. The summed E-state index contributed by atoms with van der Waals surface area (Å²) in [5.74, 6) is 1.94. The molecule has 0 radical (unpaired) electrons. The maximum Gasteiger partial charge on any atom is 0.306 e. The molecule has 1 atom stereocenters. The molecule has 6 heteroatoms. The Morgan fingerprint density at radius 3 is 2.59 bits per heavy atom. The molecule has 1 heterocycles. The minimum absolute atomic E-state index is 0.0105. The molecule has 0 amide bonds. The summed E-state index contributed by atoms with van der Waals surface area (Å²) >= 11 is 0. The second kappa shape index (κ2) is 10.3. The molecule has 1 aliphatic heterocycles. The molecule has 1 aliphatic rings. The first-order valence-electron chi connectivity index (χ1n) is 11.1. The van der Waals surface area contributed by atoms with Gasteiger partial charge in [0.15, 0.2) is 6.61 Å². The number of carbonyl (C=O) groups is 1. The third kappa shape index (κ3) is 5.15. The lowest BCUT2D eigenvalue weighted by molar-refractivity contribution is -0.141. The number of hydrogen-bond acceptors (Lipinski definition) is 6. The van der Waals surface area contributed by atoms with Gasteiger partial charge in [0.05, 0.1) is 20.1 Å². The Balaban J connectivity index is 1.46. The third-order valence-corrected chi connectivity index (χ3v) is 5.94. The van der Waals surface area contributed by atoms with Gasteiger partial charge in [-0.15, -0.1) is 0 Å². The van der Waals surface area contributed by atoms with Crippen LogP contribution in [0.15, 0.2) is 54.6 Å². The van der Waals surface area contributed by atoms with E-state index in [2.05, 4.69) is 12.1 Å². The van der Waals surface area contributed by atoms with Crippen LogP contribution in [0.3, 0.4) is 0 Å². The average molecular weight is 458 g/mol. The maximum absolute atomic E-state index is 11.6. The normalized spacial score (nSPS) is 14.0. The van der Waals surface area contributed by atoms with Crippen molar-refractivity contribution in [3.05, 3.63) is 76.9 Å². The van der Waals surface area contributed by atoms with Gasteiger partial charge >= 0.3 is 5.97 Å². The second-order valence-electron chi connectivity index (χ2n) is 8.36. The molecule has 6 nitrogen and oxygen atoms in total. The van der Waals surface area contributed by atoms with Gasteiger partial charge in [-0.05, 0) is 65.9 Å². The topological polar surface area (TPSA) is 77.8 Å². The van der Waals surface area contributed by atoms with Crippen molar-refractivity contribution in [2.24, 2.45) is 0 Å². The number of esters is 1. The number of benzene rings is 3. The predicted octanol–water partition coefficient (Wildman–Crippen LogP) is 5.49. The Morgan fingerprint density at radius 2 is 1.85 bits per heavy atom. The minimum atomic E-state index is -0.239. The number of ether oxygens (including phenoxy) is 4. The van der Waals surface area contributed by atoms with Crippen LogP contribution in [-0.2, 0) is 16.1 Å². The van der Waals surface area contributed by atoms with Crippen LogP contribution in [0.2, 0.25) is 0 Å². The highest BCUT2D eigenvalue weighted by Crippen LogP contribution is 2.38. The summed E-state index contributed by atoms with van der Waals surface area (Å²) in [6.45, 7) is 5.00. The highest BCUT2D eigenvalue weighted by atomic mass is 16.5. The Morgan fingerprint density at radius 1 is 1.06 bits per heavy atom. The maximum atomic E-state index is 11.6. The molecule has 174 valence electrons. The zero-order chi connectivity index (χ0) is 24.1. The highest BCUT2D eigenvalue weighted by Gasteiger charge is 2.27. The minimum Gasteiger partial charge on any atom is -0.492 e. The lowest BCUT2D eigenvalue weighted by Crippen LogP contribution is -2.09. The molecular formula is C28H27NO5. The van der Waals surface area contributed by atoms with Crippen LogP contribution in [0.4, 0.5) is 0 Å². The summed E-state index contributed by atoms with van der Waals surface area (Å²) < 4.78 is 22.1. The van der Waals surface area contributed by atoms with Crippen LogP contribution >= 0.6 is 0 Å². The summed E-state index contributed by atoms with van der Waals surface area (Å²) in [5.41, 5.74) is 6.48. The quantitative estimate of drug-likeness (QED) is 0.416. The fourth-order valence-corrected chi connectivity index (χ4v) is 4.36. The van der Waals surface area contributed by atoms with Crippen LogP contribution < -0.4 is 14.2 Å². The second-order valence-corrected chi connectivity index (χ2v) is 8.36. The van der Waals surface area contributed by atoms with E-state index in [9.17, 15) is 4.79 Å². The average Bonchev–Trinajstić information content (AvgIpc) is 3.23. The van der Waals surface area contributed by atoms with Crippen molar-refractivity contribution < 1.29 is 23.7 Å². The number of methoxy groups -OCH3 is 1. The number of aryl methyl sites for hydroxylation is 2. The lowest BCUT2D eigenvalue weighted by atomic mass is 9.94. The smallest absolute Gasteiger partial charge is 0.306 e. The van der Waals surface area contributed by atoms with E-state index in [1.54, 1.807) is 0 Å². The predicted molar refractivity (Wildman–Crippen MR) is 128 cm³/mol. The molecule has 0 aliphatic carbocycles. The van der Waals surface area contributed by atoms with Crippen molar-refractivity contribution in [1.29, 1.82) is 5.26 Å². The summed E-state index contributed by atoms with van der Waals surface area (Å²) in [6, 6.07) is 19.9. The van der Waals surface area contributed by atoms with Gasteiger partial charge in [0.25, 0.3) is 0 Å². The van der Waals surface area contributed by atoms with E-state index in [1.165, 1.54) is 7.11 Å². The molecule has 0 saturated carbocycles. The molecule has 0 N–H and O–H groups in total. The molecule has 3 aromatic carbocycles. The molecule has 0 bridgehead atoms. The van der Waals surface area contributed by atoms with Crippen molar-refractivity contribution in [2.75, 3.05) is 20.3 Å². The van der Waals surface area contributed by atoms with E-state index in [1.807, 2.05) is 62.4 Å². The first kappa shape index (κ1) is 23.2. The fraction of sp³-hybridized carbons (Fsp3) is 0.286. The van der Waals surface area contributed by atoms with Crippen LogP contribution in [0.5, 0.6) is 17.2 Å². The van der Waals surface area contributed by atoms with Crippen LogP contribution in [-0.4, -0.2) is 26.3 Å². The number of hydrogen-bond donors (Lipinski definition) is 0. The lowest BCUT2D eigenvalue weighted by Gasteiger charge is -2.14. The summed E-state index contributed by atoms with van der Waals surface area (Å²) in [6.07, 6.45) is 0.306. The van der Waals surface area contributed by atoms with Crippen molar-refractivity contribution in [3.63, 3.8) is 0 Å². The number of nitrogens with zero attached hydrogens (tertiary/aromatic N) is 1. The van der Waals surface area contributed by atoms with E-state index in [-0.39, 0.29) is 18.5 Å². The SMILES string of the molecule is COC(=O)C[C@@H]1COc2cc(OCc3cccc(-c4c(C)cc(OCC#N)cc4C)c3)ccc21. The molecule has 34 heavy (non-hydrogen) atoms. The van der Waals surface area contributed by atoms with Gasteiger partial charge in [0.1, 0.15) is 29.9 Å². The molecular weight excluding hydrogens is 430 g/mol. The van der Waals surface area contributed by atoms with Crippen LogP contribution in [0, 0.1) is 25.2 Å². The van der Waals surface area contributed by atoms with Gasteiger partial charge in [0.2, 0.25) is 0 Å². The number of carbonyl (C=O) groups excluding carboxylic acids is 1. The zero-order valence-corrected chi connectivity index (χ0v) is 19.6. The molecule has 4 rings (SSSR count). The van der Waals surface area contributed by atoms with Gasteiger partial charge in [0, 0.05) is 17.5 Å². The van der Waals surface area contributed by atoms with Crippen molar-refractivity contribution >= 4 is 5.97 Å². The Hall–Kier alpha value is -3.98. The molecule has 0 fully saturated rings. The third-order valence-electron chi connectivity index (χ3n) is 5.94. The van der Waals surface area contributed by atoms with E-state index >= 15 is 0 Å². The summed E-state index contributed by atoms with van der Waals surface area (Å²) in [7, 11) is 1.40. The van der Waals surface area contributed by atoms with Gasteiger partial charge < -0.3 is 18.9 Å². The van der Waals surface area contributed by atoms with E-state index in [0.29, 0.717) is 31.1 Å². The fourth-order valence-electron chi connectivity index (χ4n) is 4.36. The number of rotatable bonds is 8. The first-order chi connectivity index (χ1) is 16.5. The van der Waals surface area contributed by atoms with Gasteiger partial charge in [-0.1, -0.05) is 24.3 Å². The Bertz CT molecular complexity index is 1220. The molecule has 0 unspecified atom stereocenters. The van der Waals surface area contributed by atoms with E-state index in [4.69, 9.17) is 24.2 Å². The number of fused-ring (bicyclic) bond motifs is 1. The summed E-state index contributed by atoms with van der Waals surface area (Å²) in [4.78, 5) is 11.6. The van der Waals surface area contributed by atoms with E-state index < -0.39 is 0 Å². The first-order valence-corrected chi connectivity index (χ1v) is 11.1. The monoisotopic (exact) mass is 457 g/mol. The highest BCUT2D eigenvalue weighted by molar-refractivity contribution is 5.72. The van der Waals surface area contributed by atoms with Crippen molar-refractivity contribution in [1.82, 2.24) is 0 Å². The zero-order valence-electron chi connectivity index (χ0n) is 19.6. The van der Waals surface area contributed by atoms with Gasteiger partial charge in [-0.3, -0.25) is 4.79 Å².